The summed E-state index contributed by atoms with van der Waals surface area (Å²) in [6, 6.07) is 1.93. The van der Waals surface area contributed by atoms with Crippen molar-refractivity contribution >= 4 is 11.8 Å². The van der Waals surface area contributed by atoms with Crippen LogP contribution in [-0.4, -0.2) is 35.5 Å². The van der Waals surface area contributed by atoms with E-state index in [-0.39, 0.29) is 6.04 Å². The molecule has 0 aliphatic heterocycles. The van der Waals surface area contributed by atoms with E-state index in [4.69, 9.17) is 10.5 Å². The second-order valence-corrected chi connectivity index (χ2v) is 3.61. The Morgan fingerprint density at radius 3 is 3.15 bits per heavy atom. The molecule has 0 amide bonds. The minimum Gasteiger partial charge on any atom is -0.383 e. The van der Waals surface area contributed by atoms with Crippen LogP contribution >= 0.6 is 11.8 Å². The van der Waals surface area contributed by atoms with Gasteiger partial charge in [-0.05, 0) is 6.07 Å². The molecule has 4 nitrogen and oxygen atoms in total. The second-order valence-electron chi connectivity index (χ2n) is 2.57. The lowest BCUT2D eigenvalue weighted by atomic mass is 10.4. The van der Waals surface area contributed by atoms with Crippen molar-refractivity contribution in [2.24, 2.45) is 5.73 Å². The van der Waals surface area contributed by atoms with E-state index < -0.39 is 0 Å². The maximum absolute atomic E-state index is 5.74. The molecule has 1 aromatic heterocycles. The summed E-state index contributed by atoms with van der Waals surface area (Å²) in [4.78, 5) is 7.89. The van der Waals surface area contributed by atoms with E-state index >= 15 is 0 Å². The van der Waals surface area contributed by atoms with Crippen molar-refractivity contribution in [1.82, 2.24) is 9.97 Å². The summed E-state index contributed by atoms with van der Waals surface area (Å²) < 4.78 is 4.92. The molecule has 0 saturated carbocycles. The highest BCUT2D eigenvalue weighted by molar-refractivity contribution is 7.99. The zero-order valence-electron chi connectivity index (χ0n) is 7.51. The smallest absolute Gasteiger partial charge is 0.116 e. The van der Waals surface area contributed by atoms with Crippen molar-refractivity contribution in [1.29, 1.82) is 0 Å². The Morgan fingerprint density at radius 1 is 1.69 bits per heavy atom. The zero-order valence-corrected chi connectivity index (χ0v) is 8.33. The maximum atomic E-state index is 5.74. The fourth-order valence-electron chi connectivity index (χ4n) is 0.819. The maximum Gasteiger partial charge on any atom is 0.116 e. The highest BCUT2D eigenvalue weighted by atomic mass is 32.2. The molecule has 13 heavy (non-hydrogen) atoms. The lowest BCUT2D eigenvalue weighted by Gasteiger charge is -2.08. The van der Waals surface area contributed by atoms with Crippen LogP contribution in [0.5, 0.6) is 0 Å². The summed E-state index contributed by atoms with van der Waals surface area (Å²) in [5.41, 5.74) is 5.74. The Labute approximate surface area is 81.9 Å². The summed E-state index contributed by atoms with van der Waals surface area (Å²) in [5, 5.41) is 0.946. The zero-order chi connectivity index (χ0) is 9.52. The van der Waals surface area contributed by atoms with Crippen molar-refractivity contribution in [3.8, 4) is 0 Å². The molecule has 0 aliphatic rings. The third-order valence-corrected chi connectivity index (χ3v) is 2.51. The normalized spacial score (nSPS) is 12.8. The van der Waals surface area contributed by atoms with E-state index in [1.165, 1.54) is 6.33 Å². The van der Waals surface area contributed by atoms with Crippen LogP contribution in [0, 0.1) is 0 Å². The van der Waals surface area contributed by atoms with Gasteiger partial charge in [-0.15, -0.1) is 11.8 Å². The average molecular weight is 199 g/mol. The number of nitrogens with two attached hydrogens (primary N) is 1. The van der Waals surface area contributed by atoms with Gasteiger partial charge in [0.1, 0.15) is 6.33 Å². The van der Waals surface area contributed by atoms with E-state index in [0.717, 1.165) is 10.8 Å². The van der Waals surface area contributed by atoms with Crippen LogP contribution in [0.25, 0.3) is 0 Å². The van der Waals surface area contributed by atoms with Crippen molar-refractivity contribution < 1.29 is 4.74 Å². The van der Waals surface area contributed by atoms with Gasteiger partial charge in [0.2, 0.25) is 0 Å². The molecule has 2 N–H and O–H groups in total. The monoisotopic (exact) mass is 199 g/mol. The van der Waals surface area contributed by atoms with Crippen molar-refractivity contribution in [2.75, 3.05) is 19.5 Å². The summed E-state index contributed by atoms with van der Waals surface area (Å²) in [5.74, 6) is 0.810. The van der Waals surface area contributed by atoms with E-state index in [9.17, 15) is 0 Å². The van der Waals surface area contributed by atoms with E-state index in [1.54, 1.807) is 25.1 Å². The SMILES string of the molecule is COCC(N)CSc1ccncn1. The van der Waals surface area contributed by atoms with Gasteiger partial charge in [0, 0.05) is 25.1 Å². The average Bonchev–Trinajstić information content (AvgIpc) is 2.17. The van der Waals surface area contributed by atoms with Gasteiger partial charge in [-0.3, -0.25) is 0 Å². The number of rotatable bonds is 5. The lowest BCUT2D eigenvalue weighted by molar-refractivity contribution is 0.186. The highest BCUT2D eigenvalue weighted by Gasteiger charge is 2.02. The molecule has 1 aromatic rings. The number of methoxy groups -OCH3 is 1. The van der Waals surface area contributed by atoms with Gasteiger partial charge in [-0.25, -0.2) is 9.97 Å². The third kappa shape index (κ3) is 4.21. The van der Waals surface area contributed by atoms with Crippen LogP contribution in [0.15, 0.2) is 23.6 Å². The number of hydrogen-bond acceptors (Lipinski definition) is 5. The molecular weight excluding hydrogens is 186 g/mol. The Balaban J connectivity index is 2.27. The van der Waals surface area contributed by atoms with Gasteiger partial charge < -0.3 is 10.5 Å². The lowest BCUT2D eigenvalue weighted by Crippen LogP contribution is -2.28. The second kappa shape index (κ2) is 5.90. The molecule has 0 fully saturated rings. The van der Waals surface area contributed by atoms with Crippen LogP contribution in [0.3, 0.4) is 0 Å². The number of ether oxygens (including phenoxy) is 1. The predicted octanol–water partition coefficient (Wildman–Crippen LogP) is 0.542. The minimum atomic E-state index is 0.0602. The first-order valence-electron chi connectivity index (χ1n) is 3.96. The molecule has 0 saturated heterocycles. The minimum absolute atomic E-state index is 0.0602. The molecule has 72 valence electrons. The van der Waals surface area contributed by atoms with Gasteiger partial charge in [0.25, 0.3) is 0 Å². The fraction of sp³-hybridized carbons (Fsp3) is 0.500. The van der Waals surface area contributed by atoms with Crippen LogP contribution in [0.2, 0.25) is 0 Å². The van der Waals surface area contributed by atoms with Crippen LogP contribution < -0.4 is 5.73 Å². The predicted molar refractivity (Wildman–Crippen MR) is 52.6 cm³/mol. The number of nitrogens with zero attached hydrogens (tertiary/aromatic N) is 2. The number of aromatic nitrogens is 2. The Morgan fingerprint density at radius 2 is 2.54 bits per heavy atom. The summed E-state index contributed by atoms with van der Waals surface area (Å²) >= 11 is 1.61. The summed E-state index contributed by atoms with van der Waals surface area (Å²) in [6.07, 6.45) is 3.25. The topological polar surface area (TPSA) is 61.0 Å². The highest BCUT2D eigenvalue weighted by Crippen LogP contribution is 2.13. The Hall–Kier alpha value is -0.650. The number of hydrogen-bond donors (Lipinski definition) is 1. The van der Waals surface area contributed by atoms with E-state index in [0.29, 0.717) is 6.61 Å². The van der Waals surface area contributed by atoms with Gasteiger partial charge in [0.05, 0.1) is 11.6 Å². The van der Waals surface area contributed by atoms with Crippen LogP contribution in [0.4, 0.5) is 0 Å². The van der Waals surface area contributed by atoms with Gasteiger partial charge in [-0.1, -0.05) is 0 Å². The molecule has 1 heterocycles. The van der Waals surface area contributed by atoms with Gasteiger partial charge >= 0.3 is 0 Å². The molecule has 0 spiro atoms. The quantitative estimate of drug-likeness (QED) is 0.554. The molecule has 1 rings (SSSR count). The van der Waals surface area contributed by atoms with Crippen LogP contribution in [-0.2, 0) is 4.74 Å². The number of thioether (sulfide) groups is 1. The first kappa shape index (κ1) is 10.4. The molecule has 1 unspecified atom stereocenters. The Kier molecular flexibility index (Phi) is 4.74. The summed E-state index contributed by atoms with van der Waals surface area (Å²) in [7, 11) is 1.65. The van der Waals surface area contributed by atoms with Gasteiger partial charge in [-0.2, -0.15) is 0 Å². The Bertz CT molecular complexity index is 232. The van der Waals surface area contributed by atoms with Crippen molar-refractivity contribution in [3.63, 3.8) is 0 Å². The standard InChI is InChI=1S/C8H13N3OS/c1-12-4-7(9)5-13-8-2-3-10-6-11-8/h2-3,6-7H,4-5,9H2,1H3. The molecular formula is C8H13N3OS. The van der Waals surface area contributed by atoms with Crippen LogP contribution in [0.1, 0.15) is 0 Å². The molecule has 0 bridgehead atoms. The molecule has 1 atom stereocenters. The molecule has 0 radical (unpaired) electrons. The van der Waals surface area contributed by atoms with Crippen molar-refractivity contribution in [3.05, 3.63) is 18.6 Å². The fourth-order valence-corrected chi connectivity index (χ4v) is 1.58. The van der Waals surface area contributed by atoms with E-state index in [1.807, 2.05) is 6.07 Å². The summed E-state index contributed by atoms with van der Waals surface area (Å²) in [6.45, 7) is 0.581. The molecule has 0 aliphatic carbocycles. The largest absolute Gasteiger partial charge is 0.383 e. The molecule has 0 aromatic carbocycles. The van der Waals surface area contributed by atoms with Crippen molar-refractivity contribution in [2.45, 2.75) is 11.1 Å². The van der Waals surface area contributed by atoms with Gasteiger partial charge in [0.15, 0.2) is 0 Å². The third-order valence-electron chi connectivity index (χ3n) is 1.38. The first-order valence-corrected chi connectivity index (χ1v) is 4.95. The molecule has 5 heteroatoms. The van der Waals surface area contributed by atoms with E-state index in [2.05, 4.69) is 9.97 Å². The first-order chi connectivity index (χ1) is 6.33.